The molecule has 0 radical (unpaired) electrons. The van der Waals surface area contributed by atoms with E-state index < -0.39 is 0 Å². The lowest BCUT2D eigenvalue weighted by Gasteiger charge is -2.38. The van der Waals surface area contributed by atoms with Crippen LogP contribution in [0.4, 0.5) is 10.1 Å². The van der Waals surface area contributed by atoms with E-state index in [0.29, 0.717) is 5.56 Å². The lowest BCUT2D eigenvalue weighted by atomic mass is 9.89. The molecular weight excluding hydrogens is 265 g/mol. The fourth-order valence-corrected chi connectivity index (χ4v) is 2.81. The average Bonchev–Trinajstić information content (AvgIpc) is 2.42. The van der Waals surface area contributed by atoms with Crippen molar-refractivity contribution in [3.8, 4) is 5.75 Å². The Kier molecular flexibility index (Phi) is 3.36. The molecule has 1 unspecified atom stereocenters. The van der Waals surface area contributed by atoms with Crippen molar-refractivity contribution >= 4 is 5.69 Å². The molecule has 2 nitrogen and oxygen atoms in total. The van der Waals surface area contributed by atoms with Crippen molar-refractivity contribution < 1.29 is 9.13 Å². The second-order valence-electron chi connectivity index (χ2n) is 6.26. The van der Waals surface area contributed by atoms with Crippen LogP contribution in [0.1, 0.15) is 37.4 Å². The first-order chi connectivity index (χ1) is 9.94. The van der Waals surface area contributed by atoms with Gasteiger partial charge in [0.25, 0.3) is 0 Å². The Bertz CT molecular complexity index is 666. The highest BCUT2D eigenvalue weighted by molar-refractivity contribution is 5.50. The maximum Gasteiger partial charge on any atom is 0.128 e. The molecule has 0 aromatic heterocycles. The van der Waals surface area contributed by atoms with Gasteiger partial charge in [0.2, 0.25) is 0 Å². The van der Waals surface area contributed by atoms with E-state index in [-0.39, 0.29) is 17.5 Å². The largest absolute Gasteiger partial charge is 0.487 e. The lowest BCUT2D eigenvalue weighted by molar-refractivity contribution is 0.0759. The number of hydrogen-bond acceptors (Lipinski definition) is 2. The molecule has 1 aliphatic rings. The van der Waals surface area contributed by atoms with Crippen LogP contribution < -0.4 is 10.1 Å². The number of benzene rings is 2. The maximum absolute atomic E-state index is 13.7. The van der Waals surface area contributed by atoms with E-state index in [1.165, 1.54) is 0 Å². The van der Waals surface area contributed by atoms with Crippen molar-refractivity contribution in [2.24, 2.45) is 0 Å². The first-order valence-corrected chi connectivity index (χ1v) is 7.25. The molecule has 3 heteroatoms. The molecule has 0 bridgehead atoms. The summed E-state index contributed by atoms with van der Waals surface area (Å²) in [7, 11) is 0. The maximum atomic E-state index is 13.7. The monoisotopic (exact) mass is 285 g/mol. The number of anilines is 1. The van der Waals surface area contributed by atoms with Gasteiger partial charge in [0.05, 0.1) is 6.04 Å². The molecule has 3 rings (SSSR count). The first-order valence-electron chi connectivity index (χ1n) is 7.25. The van der Waals surface area contributed by atoms with Gasteiger partial charge in [0, 0.05) is 17.7 Å². The van der Waals surface area contributed by atoms with Crippen LogP contribution in [0.15, 0.2) is 42.5 Å². The Balaban J connectivity index is 1.92. The van der Waals surface area contributed by atoms with Gasteiger partial charge in [-0.15, -0.1) is 0 Å². The van der Waals surface area contributed by atoms with Crippen LogP contribution in [-0.2, 0) is 0 Å². The van der Waals surface area contributed by atoms with Gasteiger partial charge in [-0.3, -0.25) is 0 Å². The summed E-state index contributed by atoms with van der Waals surface area (Å²) in [4.78, 5) is 0. The van der Waals surface area contributed by atoms with Gasteiger partial charge < -0.3 is 10.1 Å². The number of nitrogens with one attached hydrogen (secondary N) is 1. The highest BCUT2D eigenvalue weighted by Gasteiger charge is 2.33. The van der Waals surface area contributed by atoms with E-state index >= 15 is 0 Å². The van der Waals surface area contributed by atoms with Crippen LogP contribution in [0.5, 0.6) is 5.75 Å². The smallest absolute Gasteiger partial charge is 0.128 e. The summed E-state index contributed by atoms with van der Waals surface area (Å²) in [5, 5.41) is 3.44. The van der Waals surface area contributed by atoms with Crippen LogP contribution in [0.3, 0.4) is 0 Å². The molecule has 2 aromatic carbocycles. The minimum Gasteiger partial charge on any atom is -0.487 e. The lowest BCUT2D eigenvalue weighted by Crippen LogP contribution is -2.37. The topological polar surface area (TPSA) is 21.3 Å². The Morgan fingerprint density at radius 3 is 2.71 bits per heavy atom. The van der Waals surface area contributed by atoms with Crippen LogP contribution in [-0.4, -0.2) is 5.60 Å². The number of ether oxygens (including phenoxy) is 1. The third-order valence-corrected chi connectivity index (χ3v) is 3.89. The molecule has 2 aromatic rings. The van der Waals surface area contributed by atoms with Crippen LogP contribution in [0, 0.1) is 12.7 Å². The number of aryl methyl sites for hydroxylation is 1. The van der Waals surface area contributed by atoms with Crippen LogP contribution >= 0.6 is 0 Å². The van der Waals surface area contributed by atoms with Gasteiger partial charge in [-0.05, 0) is 44.5 Å². The minimum absolute atomic E-state index is 0.118. The van der Waals surface area contributed by atoms with Crippen molar-refractivity contribution in [3.63, 3.8) is 0 Å². The highest BCUT2D eigenvalue weighted by atomic mass is 19.1. The predicted octanol–water partition coefficient (Wildman–Crippen LogP) is 4.85. The zero-order chi connectivity index (χ0) is 15.0. The second-order valence-corrected chi connectivity index (χ2v) is 6.26. The van der Waals surface area contributed by atoms with Crippen molar-refractivity contribution in [2.75, 3.05) is 5.32 Å². The molecule has 0 aliphatic carbocycles. The zero-order valence-electron chi connectivity index (χ0n) is 12.6. The van der Waals surface area contributed by atoms with Gasteiger partial charge in [-0.2, -0.15) is 0 Å². The number of fused-ring (bicyclic) bond motifs is 1. The quantitative estimate of drug-likeness (QED) is 0.851. The van der Waals surface area contributed by atoms with Crippen molar-refractivity contribution in [1.82, 2.24) is 0 Å². The van der Waals surface area contributed by atoms with Gasteiger partial charge in [0.1, 0.15) is 17.2 Å². The third-order valence-electron chi connectivity index (χ3n) is 3.89. The van der Waals surface area contributed by atoms with E-state index in [4.69, 9.17) is 4.74 Å². The molecule has 110 valence electrons. The van der Waals surface area contributed by atoms with Crippen molar-refractivity contribution in [1.29, 1.82) is 0 Å². The molecule has 0 amide bonds. The second kappa shape index (κ2) is 5.06. The summed E-state index contributed by atoms with van der Waals surface area (Å²) < 4.78 is 19.7. The van der Waals surface area contributed by atoms with Gasteiger partial charge >= 0.3 is 0 Å². The molecule has 1 heterocycles. The summed E-state index contributed by atoms with van der Waals surface area (Å²) in [5.41, 5.74) is 2.34. The van der Waals surface area contributed by atoms with Crippen molar-refractivity contribution in [3.05, 3.63) is 59.4 Å². The van der Waals surface area contributed by atoms with Crippen LogP contribution in [0.2, 0.25) is 0 Å². The third kappa shape index (κ3) is 2.87. The Morgan fingerprint density at radius 1 is 1.19 bits per heavy atom. The summed E-state index contributed by atoms with van der Waals surface area (Å²) in [6, 6.07) is 13.4. The molecule has 0 saturated carbocycles. The molecule has 1 atom stereocenters. The van der Waals surface area contributed by atoms with Crippen molar-refractivity contribution in [2.45, 2.75) is 38.8 Å². The average molecular weight is 285 g/mol. The van der Waals surface area contributed by atoms with E-state index in [9.17, 15) is 4.39 Å². The number of para-hydroxylation sites is 1. The normalized spacial score (nSPS) is 19.5. The zero-order valence-corrected chi connectivity index (χ0v) is 12.6. The summed E-state index contributed by atoms with van der Waals surface area (Å²) in [6.45, 7) is 5.92. The van der Waals surface area contributed by atoms with Gasteiger partial charge in [0.15, 0.2) is 0 Å². The number of rotatable bonds is 2. The predicted molar refractivity (Wildman–Crippen MR) is 83.3 cm³/mol. The molecule has 0 spiro atoms. The molecule has 0 fully saturated rings. The van der Waals surface area contributed by atoms with E-state index in [0.717, 1.165) is 23.4 Å². The Morgan fingerprint density at radius 2 is 1.95 bits per heavy atom. The fraction of sp³-hybridized carbons (Fsp3) is 0.333. The van der Waals surface area contributed by atoms with E-state index in [1.807, 2.05) is 24.3 Å². The Hall–Kier alpha value is -2.03. The SMILES string of the molecule is Cc1ccc(NC2CC(C)(C)Oc3ccccc32)cc1F. The van der Waals surface area contributed by atoms with E-state index in [1.54, 1.807) is 19.1 Å². The highest BCUT2D eigenvalue weighted by Crippen LogP contribution is 2.40. The molecule has 0 saturated heterocycles. The Labute approximate surface area is 125 Å². The van der Waals surface area contributed by atoms with Crippen LogP contribution in [0.25, 0.3) is 0 Å². The standard InChI is InChI=1S/C18H20FNO/c1-12-8-9-13(10-15(12)19)20-16-11-18(2,3)21-17-7-5-4-6-14(16)17/h4-10,16,20H,11H2,1-3H3. The first kappa shape index (κ1) is 13.9. The summed E-state index contributed by atoms with van der Waals surface area (Å²) in [6.07, 6.45) is 0.833. The number of halogens is 1. The van der Waals surface area contributed by atoms with Gasteiger partial charge in [-0.1, -0.05) is 24.3 Å². The summed E-state index contributed by atoms with van der Waals surface area (Å²) >= 11 is 0. The fourth-order valence-electron chi connectivity index (χ4n) is 2.81. The molecular formula is C18H20FNO. The molecule has 1 aliphatic heterocycles. The number of hydrogen-bond donors (Lipinski definition) is 1. The van der Waals surface area contributed by atoms with Gasteiger partial charge in [-0.25, -0.2) is 4.39 Å². The molecule has 1 N–H and O–H groups in total. The minimum atomic E-state index is -0.241. The van der Waals surface area contributed by atoms with E-state index in [2.05, 4.69) is 25.2 Å². The summed E-state index contributed by atoms with van der Waals surface area (Å²) in [5.74, 6) is 0.721. The molecule has 21 heavy (non-hydrogen) atoms.